The molecule has 33 heavy (non-hydrogen) atoms. The topological polar surface area (TPSA) is 82.7 Å². The Bertz CT molecular complexity index is 1280. The predicted molar refractivity (Wildman–Crippen MR) is 119 cm³/mol. The van der Waals surface area contributed by atoms with E-state index in [1.807, 2.05) is 12.2 Å². The van der Waals surface area contributed by atoms with Crippen LogP contribution in [0.3, 0.4) is 0 Å². The van der Waals surface area contributed by atoms with Crippen LogP contribution in [-0.4, -0.2) is 32.9 Å². The lowest BCUT2D eigenvalue weighted by Crippen LogP contribution is -2.42. The maximum Gasteiger partial charge on any atom is 0.251 e. The Morgan fingerprint density at radius 2 is 1.97 bits per heavy atom. The van der Waals surface area contributed by atoms with Crippen molar-refractivity contribution in [3.8, 4) is 11.3 Å². The van der Waals surface area contributed by atoms with E-state index in [1.165, 1.54) is 12.3 Å². The molecule has 3 N–H and O–H groups in total. The number of carbonyl (C=O) groups excluding carboxylic acids is 1. The maximum absolute atomic E-state index is 14.6. The largest absolute Gasteiger partial charge is 0.365 e. The highest BCUT2D eigenvalue weighted by molar-refractivity contribution is 5.97. The van der Waals surface area contributed by atoms with Crippen LogP contribution in [0.25, 0.3) is 22.3 Å². The van der Waals surface area contributed by atoms with Gasteiger partial charge in [0.25, 0.3) is 5.91 Å². The number of aromatic nitrogens is 3. The van der Waals surface area contributed by atoms with E-state index in [2.05, 4.69) is 25.6 Å². The summed E-state index contributed by atoms with van der Waals surface area (Å²) >= 11 is 0. The van der Waals surface area contributed by atoms with Gasteiger partial charge in [0, 0.05) is 40.9 Å². The summed E-state index contributed by atoms with van der Waals surface area (Å²) in [5, 5.41) is 6.47. The fraction of sp³-hybridized carbons (Fsp3) is 0.292. The third-order valence-corrected chi connectivity index (χ3v) is 6.07. The van der Waals surface area contributed by atoms with Crippen molar-refractivity contribution in [3.63, 3.8) is 0 Å². The number of pyridine rings is 2. The SMILES string of the molecule is O=C(N[C@@H]1CCCC(Nc2nc(-c3c[nH]c4ncc(F)cc34)c(F)cc2F)C1)C1=CCC=C1. The summed E-state index contributed by atoms with van der Waals surface area (Å²) in [5.41, 5.74) is 1.23. The zero-order chi connectivity index (χ0) is 22.9. The molecular formula is C24H22F3N5O. The van der Waals surface area contributed by atoms with Crippen molar-refractivity contribution < 1.29 is 18.0 Å². The molecule has 170 valence electrons. The van der Waals surface area contributed by atoms with Crippen LogP contribution in [0.15, 0.2) is 48.3 Å². The fourth-order valence-electron chi connectivity index (χ4n) is 4.47. The van der Waals surface area contributed by atoms with E-state index in [1.54, 1.807) is 6.08 Å². The van der Waals surface area contributed by atoms with Crippen LogP contribution < -0.4 is 10.6 Å². The Hall–Kier alpha value is -3.62. The van der Waals surface area contributed by atoms with Gasteiger partial charge in [0.05, 0.1) is 6.20 Å². The van der Waals surface area contributed by atoms with Gasteiger partial charge in [-0.25, -0.2) is 23.1 Å². The summed E-state index contributed by atoms with van der Waals surface area (Å²) in [6.45, 7) is 0. The predicted octanol–water partition coefficient (Wildman–Crippen LogP) is 4.77. The van der Waals surface area contributed by atoms with E-state index in [9.17, 15) is 18.0 Å². The summed E-state index contributed by atoms with van der Waals surface area (Å²) in [6.07, 6.45) is 11.9. The zero-order valence-electron chi connectivity index (χ0n) is 17.7. The Labute approximate surface area is 188 Å². The summed E-state index contributed by atoms with van der Waals surface area (Å²) in [5.74, 6) is -2.42. The third kappa shape index (κ3) is 4.35. The minimum Gasteiger partial charge on any atom is -0.365 e. The molecule has 2 aliphatic rings. The zero-order valence-corrected chi connectivity index (χ0v) is 17.7. The van der Waals surface area contributed by atoms with Crippen LogP contribution in [0.1, 0.15) is 32.1 Å². The van der Waals surface area contributed by atoms with Crippen molar-refractivity contribution in [2.75, 3.05) is 5.32 Å². The quantitative estimate of drug-likeness (QED) is 0.520. The molecule has 5 rings (SSSR count). The first-order valence-electron chi connectivity index (χ1n) is 10.9. The minimum atomic E-state index is -0.852. The molecule has 6 nitrogen and oxygen atoms in total. The second-order valence-electron chi connectivity index (χ2n) is 8.38. The van der Waals surface area contributed by atoms with Gasteiger partial charge in [-0.2, -0.15) is 0 Å². The van der Waals surface area contributed by atoms with E-state index >= 15 is 0 Å². The molecule has 3 heterocycles. The number of carbonyl (C=O) groups is 1. The number of amides is 1. The molecule has 2 aliphatic carbocycles. The average molecular weight is 453 g/mol. The highest BCUT2D eigenvalue weighted by Crippen LogP contribution is 2.32. The second-order valence-corrected chi connectivity index (χ2v) is 8.38. The lowest BCUT2D eigenvalue weighted by molar-refractivity contribution is -0.118. The number of anilines is 1. The van der Waals surface area contributed by atoms with Gasteiger partial charge in [-0.15, -0.1) is 0 Å². The van der Waals surface area contributed by atoms with E-state index in [4.69, 9.17) is 0 Å². The molecule has 2 atom stereocenters. The molecule has 1 unspecified atom stereocenters. The molecule has 0 aliphatic heterocycles. The smallest absolute Gasteiger partial charge is 0.251 e. The summed E-state index contributed by atoms with van der Waals surface area (Å²) in [6, 6.07) is 1.82. The normalized spacial score (nSPS) is 20.2. The highest BCUT2D eigenvalue weighted by Gasteiger charge is 2.26. The first-order valence-corrected chi connectivity index (χ1v) is 10.9. The van der Waals surface area contributed by atoms with Crippen LogP contribution in [0, 0.1) is 17.5 Å². The molecule has 0 aromatic carbocycles. The Kier molecular flexibility index (Phi) is 5.62. The van der Waals surface area contributed by atoms with Crippen LogP contribution >= 0.6 is 0 Å². The van der Waals surface area contributed by atoms with Crippen LogP contribution in [0.5, 0.6) is 0 Å². The van der Waals surface area contributed by atoms with Crippen molar-refractivity contribution in [1.29, 1.82) is 0 Å². The monoisotopic (exact) mass is 453 g/mol. The van der Waals surface area contributed by atoms with Gasteiger partial charge in [0.2, 0.25) is 0 Å². The number of hydrogen-bond acceptors (Lipinski definition) is 4. The Morgan fingerprint density at radius 1 is 1.12 bits per heavy atom. The number of nitrogens with one attached hydrogen (secondary N) is 3. The van der Waals surface area contributed by atoms with E-state index in [0.29, 0.717) is 28.6 Å². The van der Waals surface area contributed by atoms with E-state index in [0.717, 1.165) is 37.9 Å². The molecule has 0 spiro atoms. The number of halogens is 3. The van der Waals surface area contributed by atoms with Crippen LogP contribution in [0.2, 0.25) is 0 Å². The fourth-order valence-corrected chi connectivity index (χ4v) is 4.47. The second kappa shape index (κ2) is 8.73. The Balaban J connectivity index is 1.35. The van der Waals surface area contributed by atoms with Crippen LogP contribution in [-0.2, 0) is 4.79 Å². The number of H-pyrrole nitrogens is 1. The molecule has 1 amide bonds. The summed E-state index contributed by atoms with van der Waals surface area (Å²) in [7, 11) is 0. The number of nitrogens with zero attached hydrogens (tertiary/aromatic N) is 2. The number of fused-ring (bicyclic) bond motifs is 1. The molecule has 0 saturated heterocycles. The summed E-state index contributed by atoms with van der Waals surface area (Å²) < 4.78 is 42.9. The van der Waals surface area contributed by atoms with Gasteiger partial charge >= 0.3 is 0 Å². The molecule has 1 fully saturated rings. The molecule has 3 aromatic heterocycles. The van der Waals surface area contributed by atoms with E-state index in [-0.39, 0.29) is 29.5 Å². The summed E-state index contributed by atoms with van der Waals surface area (Å²) in [4.78, 5) is 23.4. The van der Waals surface area contributed by atoms with Gasteiger partial charge in [0.15, 0.2) is 17.5 Å². The van der Waals surface area contributed by atoms with Gasteiger partial charge in [-0.3, -0.25) is 4.79 Å². The first-order chi connectivity index (χ1) is 16.0. The molecular weight excluding hydrogens is 431 g/mol. The Morgan fingerprint density at radius 3 is 2.79 bits per heavy atom. The first kappa shape index (κ1) is 21.2. The molecule has 9 heteroatoms. The number of hydrogen-bond donors (Lipinski definition) is 3. The number of allylic oxidation sites excluding steroid dienone is 2. The minimum absolute atomic E-state index is 0.0516. The van der Waals surface area contributed by atoms with Crippen molar-refractivity contribution in [3.05, 3.63) is 65.8 Å². The lowest BCUT2D eigenvalue weighted by Gasteiger charge is -2.31. The highest BCUT2D eigenvalue weighted by atomic mass is 19.1. The molecule has 1 saturated carbocycles. The molecule has 0 bridgehead atoms. The third-order valence-electron chi connectivity index (χ3n) is 6.07. The van der Waals surface area contributed by atoms with Gasteiger partial charge in [-0.1, -0.05) is 18.2 Å². The van der Waals surface area contributed by atoms with Crippen molar-refractivity contribution >= 4 is 22.8 Å². The van der Waals surface area contributed by atoms with Crippen molar-refractivity contribution in [1.82, 2.24) is 20.3 Å². The van der Waals surface area contributed by atoms with Gasteiger partial charge < -0.3 is 15.6 Å². The molecule has 3 aromatic rings. The number of rotatable bonds is 5. The lowest BCUT2D eigenvalue weighted by atomic mass is 9.90. The van der Waals surface area contributed by atoms with Gasteiger partial charge in [-0.05, 0) is 38.2 Å². The maximum atomic E-state index is 14.6. The average Bonchev–Trinajstić information content (AvgIpc) is 3.46. The van der Waals surface area contributed by atoms with Crippen LogP contribution in [0.4, 0.5) is 19.0 Å². The number of aromatic amines is 1. The standard InChI is InChI=1S/C24H22F3N5O/c25-14-8-17-18(12-29-22(17)28-11-14)21-19(26)10-20(27)23(32-21)30-15-6-3-7-16(9-15)31-24(33)13-4-1-2-5-13/h1,4-5,8,10-12,15-16H,2-3,6-7,9H2,(H,28,29)(H,30,32)(H,31,33)/t15?,16-/m1/s1. The van der Waals surface area contributed by atoms with E-state index < -0.39 is 17.5 Å². The van der Waals surface area contributed by atoms with Gasteiger partial charge in [0.1, 0.15) is 17.2 Å². The van der Waals surface area contributed by atoms with Crippen molar-refractivity contribution in [2.45, 2.75) is 44.2 Å². The van der Waals surface area contributed by atoms with Crippen molar-refractivity contribution in [2.24, 2.45) is 0 Å². The molecule has 0 radical (unpaired) electrons.